The Morgan fingerprint density at radius 2 is 1.42 bits per heavy atom. The van der Waals surface area contributed by atoms with E-state index in [2.05, 4.69) is 49.8 Å². The van der Waals surface area contributed by atoms with Crippen LogP contribution in [0.1, 0.15) is 61.0 Å². The highest BCUT2D eigenvalue weighted by atomic mass is 32.2. The summed E-state index contributed by atoms with van der Waals surface area (Å²) in [4.78, 5) is 104. The molecule has 5 heterocycles. The number of pyridine rings is 2. The first-order valence-electron chi connectivity index (χ1n) is 27.5. The Balaban J connectivity index is 0.942. The summed E-state index contributed by atoms with van der Waals surface area (Å²) in [7, 11) is -4.88. The van der Waals surface area contributed by atoms with Gasteiger partial charge in [0.05, 0.1) is 44.9 Å². The number of fused-ring (bicyclic) bond motifs is 2. The zero-order chi connectivity index (χ0) is 60.1. The van der Waals surface area contributed by atoms with Crippen LogP contribution in [0.15, 0.2) is 61.1 Å². The molecule has 1 saturated heterocycles. The summed E-state index contributed by atoms with van der Waals surface area (Å²) < 4.78 is 41.6. The standard InChI is InChI=1S/C54H76N12O16S/c1-36(59-54(78)43(35-83(79,80)81)61-47(68)31-62-18-20-63(32-49(71)72)22-24-65(34-51(75)76)25-23-64(21-19-62)33-50(73)74)53(77)58-16-15-56-46(67)8-4-26-82-41-27-39(29-55-30-41)45(28-48(69)70)66-17-13-42-37(5-2-7-44(42)66)9-11-40-12-10-38-6-3-14-57-52(38)60-40/h2,5,7,10,12-13,17,27,29-30,36,43,45,51,75-76H,3-4,6,8-9,11,14-16,18-26,28,31-35H2,1H3,(H,56,67)(H,57,60)(H,58,77)(H,59,78)(H,61,68)(H,69,70)(H,71,72)(H,73,74)(H,79,80,81)/t36-,43?,45?/m0/s1. The van der Waals surface area contributed by atoms with E-state index in [9.17, 15) is 72.1 Å². The number of aliphatic hydroxyl groups excluding tert-OH is 1. The number of β-amino-alcohol motifs (C(OH)–C–C–N with tert-alkyl or cyclic N) is 2. The fourth-order valence-electron chi connectivity index (χ4n) is 9.87. The van der Waals surface area contributed by atoms with Crippen molar-refractivity contribution in [1.82, 2.24) is 55.4 Å². The molecule has 0 radical (unpaired) electrons. The van der Waals surface area contributed by atoms with E-state index in [-0.39, 0.29) is 97.3 Å². The highest BCUT2D eigenvalue weighted by molar-refractivity contribution is 7.85. The van der Waals surface area contributed by atoms with E-state index in [1.807, 2.05) is 29.0 Å². The highest BCUT2D eigenvalue weighted by Gasteiger charge is 2.30. The van der Waals surface area contributed by atoms with Crippen LogP contribution < -0.4 is 31.3 Å². The molecule has 28 nitrogen and oxygen atoms in total. The zero-order valence-electron chi connectivity index (χ0n) is 46.4. The van der Waals surface area contributed by atoms with Crippen molar-refractivity contribution < 1.29 is 76.8 Å². The number of rotatable bonds is 29. The molecule has 0 spiro atoms. The quantitative estimate of drug-likeness (QED) is 0.0169. The van der Waals surface area contributed by atoms with Crippen molar-refractivity contribution in [3.05, 3.63) is 83.4 Å². The number of benzene rings is 1. The lowest BCUT2D eigenvalue weighted by molar-refractivity contribution is -0.139. The third kappa shape index (κ3) is 22.0. The molecule has 454 valence electrons. The van der Waals surface area contributed by atoms with Crippen LogP contribution in [0.25, 0.3) is 10.9 Å². The normalized spacial score (nSPS) is 16.3. The van der Waals surface area contributed by atoms with Gasteiger partial charge in [-0.3, -0.25) is 62.7 Å². The van der Waals surface area contributed by atoms with Gasteiger partial charge in [0.2, 0.25) is 23.6 Å². The predicted molar refractivity (Wildman–Crippen MR) is 301 cm³/mol. The SMILES string of the molecule is C[C@H](NC(=O)C(CS(=O)(=O)O)NC(=O)CN1CCN(CC(=O)O)CCN(CC(O)O)CCN(CC(=O)O)CC1)C(=O)NCCNC(=O)CCCOc1cncc(C(CC(=O)O)n2ccc3c(CCc4ccc5c(n4)NCCC5)cccc32)c1. The van der Waals surface area contributed by atoms with Gasteiger partial charge in [0, 0.05) is 114 Å². The summed E-state index contributed by atoms with van der Waals surface area (Å²) in [6, 6.07) is 10.2. The molecule has 4 aromatic rings. The van der Waals surface area contributed by atoms with Gasteiger partial charge < -0.3 is 61.4 Å². The lowest BCUT2D eigenvalue weighted by Gasteiger charge is -2.33. The molecule has 29 heteroatoms. The maximum absolute atomic E-state index is 13.4. The average molecular weight is 1180 g/mol. The number of carboxylic acid groups (broad SMARTS) is 3. The Hall–Kier alpha value is -7.38. The molecule has 1 fully saturated rings. The van der Waals surface area contributed by atoms with E-state index < -0.39 is 95.6 Å². The van der Waals surface area contributed by atoms with Gasteiger partial charge in [-0.25, -0.2) is 4.98 Å². The predicted octanol–water partition coefficient (Wildman–Crippen LogP) is -1.39. The van der Waals surface area contributed by atoms with E-state index in [1.54, 1.807) is 31.9 Å². The van der Waals surface area contributed by atoms with E-state index in [0.29, 0.717) is 17.7 Å². The van der Waals surface area contributed by atoms with Gasteiger partial charge in [0.25, 0.3) is 10.1 Å². The number of hydrogen-bond donors (Lipinski definition) is 11. The number of carboxylic acids is 3. The lowest BCUT2D eigenvalue weighted by Crippen LogP contribution is -2.56. The molecule has 2 aliphatic rings. The van der Waals surface area contributed by atoms with Crippen molar-refractivity contribution in [3.63, 3.8) is 0 Å². The summed E-state index contributed by atoms with van der Waals surface area (Å²) in [5.74, 6) is -6.30. The van der Waals surface area contributed by atoms with E-state index in [0.717, 1.165) is 60.2 Å². The number of nitrogens with zero attached hydrogens (tertiary/aromatic N) is 7. The number of aliphatic carboxylic acids is 3. The minimum atomic E-state index is -4.88. The zero-order valence-corrected chi connectivity index (χ0v) is 47.2. The third-order valence-corrected chi connectivity index (χ3v) is 14.8. The number of aromatic nitrogens is 3. The molecule has 83 heavy (non-hydrogen) atoms. The molecule has 0 aliphatic carbocycles. The Kier molecular flexibility index (Phi) is 24.9. The molecule has 3 aromatic heterocycles. The van der Waals surface area contributed by atoms with Gasteiger partial charge in [-0.05, 0) is 80.0 Å². The Morgan fingerprint density at radius 1 is 0.759 bits per heavy atom. The van der Waals surface area contributed by atoms with Crippen LogP contribution in [0.2, 0.25) is 0 Å². The minimum absolute atomic E-state index is 0.00544. The van der Waals surface area contributed by atoms with E-state index in [4.69, 9.17) is 9.72 Å². The number of hydrogen-bond acceptors (Lipinski definition) is 19. The van der Waals surface area contributed by atoms with Crippen LogP contribution in [-0.2, 0) is 62.9 Å². The van der Waals surface area contributed by atoms with Crippen molar-refractivity contribution in [2.24, 2.45) is 0 Å². The number of aliphatic hydroxyl groups is 2. The summed E-state index contributed by atoms with van der Waals surface area (Å²) in [6.07, 6.45) is 7.00. The first kappa shape index (κ1) is 64.8. The number of aryl methyl sites for hydroxylation is 3. The Morgan fingerprint density at radius 3 is 2.07 bits per heavy atom. The maximum atomic E-state index is 13.4. The molecule has 0 bridgehead atoms. The smallest absolute Gasteiger partial charge is 0.317 e. The number of carbonyl (C=O) groups excluding carboxylic acids is 4. The number of ether oxygens (including phenoxy) is 1. The van der Waals surface area contributed by atoms with Gasteiger partial charge in [-0.1, -0.05) is 18.2 Å². The largest absolute Gasteiger partial charge is 0.492 e. The molecule has 2 aliphatic heterocycles. The van der Waals surface area contributed by atoms with Crippen molar-refractivity contribution in [2.75, 3.05) is 116 Å². The number of carbonyl (C=O) groups is 7. The monoisotopic (exact) mass is 1180 g/mol. The second kappa shape index (κ2) is 31.9. The molecule has 6 rings (SSSR count). The van der Waals surface area contributed by atoms with Crippen molar-refractivity contribution >= 4 is 68.4 Å². The van der Waals surface area contributed by atoms with Crippen LogP contribution in [0.4, 0.5) is 5.82 Å². The molecule has 4 amide bonds. The van der Waals surface area contributed by atoms with E-state index in [1.165, 1.54) is 18.7 Å². The molecule has 1 aromatic carbocycles. The molecule has 11 N–H and O–H groups in total. The van der Waals surface area contributed by atoms with Gasteiger partial charge in [0.1, 0.15) is 29.4 Å². The topological polar surface area (TPSA) is 388 Å². The second-order valence-electron chi connectivity index (χ2n) is 20.6. The van der Waals surface area contributed by atoms with Crippen molar-refractivity contribution in [1.29, 1.82) is 0 Å². The maximum Gasteiger partial charge on any atom is 0.317 e. The molecular formula is C54H76N12O16S. The van der Waals surface area contributed by atoms with Crippen LogP contribution in [0, 0.1) is 0 Å². The third-order valence-electron chi connectivity index (χ3n) is 14.1. The number of nitrogens with one attached hydrogen (secondary N) is 5. The minimum Gasteiger partial charge on any atom is -0.492 e. The van der Waals surface area contributed by atoms with Crippen LogP contribution >= 0.6 is 0 Å². The summed E-state index contributed by atoms with van der Waals surface area (Å²) in [5, 5.41) is 62.5. The van der Waals surface area contributed by atoms with Gasteiger partial charge in [-0.15, -0.1) is 0 Å². The average Bonchev–Trinajstić information content (AvgIpc) is 4.15. The molecule has 3 atom stereocenters. The second-order valence-corrected chi connectivity index (χ2v) is 22.1. The van der Waals surface area contributed by atoms with Crippen LogP contribution in [0.5, 0.6) is 5.75 Å². The van der Waals surface area contributed by atoms with Crippen molar-refractivity contribution in [3.8, 4) is 5.75 Å². The number of anilines is 1. The van der Waals surface area contributed by atoms with Crippen LogP contribution in [-0.4, -0.2) is 243 Å². The van der Waals surface area contributed by atoms with Crippen LogP contribution in [0.3, 0.4) is 0 Å². The summed E-state index contributed by atoms with van der Waals surface area (Å²) in [6.45, 7) is 1.84. The fourth-order valence-corrected chi connectivity index (χ4v) is 10.5. The first-order valence-corrected chi connectivity index (χ1v) is 29.1. The fraction of sp³-hybridized carbons (Fsp3) is 0.537. The molecule has 0 saturated carbocycles. The Bertz CT molecular complexity index is 2950. The van der Waals surface area contributed by atoms with Gasteiger partial charge >= 0.3 is 17.9 Å². The Labute approximate surface area is 480 Å². The molecule has 2 unspecified atom stereocenters. The summed E-state index contributed by atoms with van der Waals surface area (Å²) >= 11 is 0. The van der Waals surface area contributed by atoms with Gasteiger partial charge in [0.15, 0.2) is 6.29 Å². The van der Waals surface area contributed by atoms with Gasteiger partial charge in [-0.2, -0.15) is 8.42 Å². The van der Waals surface area contributed by atoms with E-state index >= 15 is 0 Å². The number of amides is 4. The first-order chi connectivity index (χ1) is 39.6. The molecular weight excluding hydrogens is 1100 g/mol. The lowest BCUT2D eigenvalue weighted by atomic mass is 10.0. The summed E-state index contributed by atoms with van der Waals surface area (Å²) in [5.41, 5.74) is 4.83. The highest BCUT2D eigenvalue weighted by Crippen LogP contribution is 2.31. The van der Waals surface area contributed by atoms with Crippen molar-refractivity contribution in [2.45, 2.75) is 76.3 Å².